The van der Waals surface area contributed by atoms with Crippen LogP contribution in [0.2, 0.25) is 0 Å². The van der Waals surface area contributed by atoms with Crippen molar-refractivity contribution in [3.63, 3.8) is 0 Å². The zero-order valence-corrected chi connectivity index (χ0v) is 9.44. The van der Waals surface area contributed by atoms with Gasteiger partial charge in [0.2, 0.25) is 0 Å². The van der Waals surface area contributed by atoms with Crippen molar-refractivity contribution < 1.29 is 9.90 Å². The Hall–Kier alpha value is -1.75. The number of anilines is 1. The van der Waals surface area contributed by atoms with Crippen molar-refractivity contribution in [3.8, 4) is 5.75 Å². The molecule has 2 aliphatic heterocycles. The fraction of sp³-hybridized carbons (Fsp3) is 0.417. The predicted octanol–water partition coefficient (Wildman–Crippen LogP) is 0.654. The molecule has 1 unspecified atom stereocenters. The van der Waals surface area contributed by atoms with Gasteiger partial charge in [-0.2, -0.15) is 0 Å². The molecule has 2 heterocycles. The van der Waals surface area contributed by atoms with Crippen LogP contribution in [0, 0.1) is 0 Å². The van der Waals surface area contributed by atoms with E-state index in [4.69, 9.17) is 0 Å². The van der Waals surface area contributed by atoms with Gasteiger partial charge < -0.3 is 15.7 Å². The molecule has 2 aliphatic rings. The Morgan fingerprint density at radius 2 is 2.06 bits per heavy atom. The van der Waals surface area contributed by atoms with E-state index in [-0.39, 0.29) is 17.3 Å². The molecule has 1 aromatic carbocycles. The van der Waals surface area contributed by atoms with E-state index in [1.54, 1.807) is 29.2 Å². The summed E-state index contributed by atoms with van der Waals surface area (Å²) in [6.45, 7) is 2.46. The molecule has 5 heteroatoms. The Balaban J connectivity index is 1.85. The summed E-state index contributed by atoms with van der Waals surface area (Å²) in [6.07, 6.45) is 0.966. The van der Waals surface area contributed by atoms with Gasteiger partial charge in [-0.25, -0.2) is 4.79 Å². The van der Waals surface area contributed by atoms with E-state index < -0.39 is 0 Å². The zero-order chi connectivity index (χ0) is 11.9. The SMILES string of the molecule is O=C1NC2(CCNC2)CN1c1ccc(O)cc1. The molecule has 0 aromatic heterocycles. The lowest BCUT2D eigenvalue weighted by molar-refractivity contribution is 0.248. The van der Waals surface area contributed by atoms with Crippen LogP contribution in [0.25, 0.3) is 0 Å². The number of carbonyl (C=O) groups excluding carboxylic acids is 1. The molecule has 1 atom stereocenters. The van der Waals surface area contributed by atoms with Crippen LogP contribution in [0.1, 0.15) is 6.42 Å². The lowest BCUT2D eigenvalue weighted by Gasteiger charge is -2.21. The number of benzene rings is 1. The summed E-state index contributed by atoms with van der Waals surface area (Å²) >= 11 is 0. The highest BCUT2D eigenvalue weighted by Crippen LogP contribution is 2.28. The number of phenols is 1. The van der Waals surface area contributed by atoms with Crippen molar-refractivity contribution >= 4 is 11.7 Å². The second kappa shape index (κ2) is 3.63. The summed E-state index contributed by atoms with van der Waals surface area (Å²) in [4.78, 5) is 13.7. The van der Waals surface area contributed by atoms with Crippen LogP contribution in [0.15, 0.2) is 24.3 Å². The van der Waals surface area contributed by atoms with Gasteiger partial charge in [-0.1, -0.05) is 0 Å². The second-order valence-corrected chi connectivity index (χ2v) is 4.74. The Bertz CT molecular complexity index is 438. The van der Waals surface area contributed by atoms with Gasteiger partial charge in [-0.15, -0.1) is 0 Å². The normalized spacial score (nSPS) is 27.8. The van der Waals surface area contributed by atoms with E-state index in [2.05, 4.69) is 10.6 Å². The summed E-state index contributed by atoms with van der Waals surface area (Å²) in [6, 6.07) is 6.66. The Morgan fingerprint density at radius 1 is 1.29 bits per heavy atom. The van der Waals surface area contributed by atoms with Gasteiger partial charge in [0.1, 0.15) is 5.75 Å². The molecule has 0 aliphatic carbocycles. The highest BCUT2D eigenvalue weighted by atomic mass is 16.3. The van der Waals surface area contributed by atoms with E-state index in [1.165, 1.54) is 0 Å². The highest BCUT2D eigenvalue weighted by Gasteiger charge is 2.44. The largest absolute Gasteiger partial charge is 0.508 e. The molecule has 1 spiro atoms. The zero-order valence-electron chi connectivity index (χ0n) is 9.44. The molecule has 3 N–H and O–H groups in total. The Labute approximate surface area is 99.4 Å². The fourth-order valence-electron chi connectivity index (χ4n) is 2.53. The Kier molecular flexibility index (Phi) is 2.22. The first-order chi connectivity index (χ1) is 8.19. The summed E-state index contributed by atoms with van der Waals surface area (Å²) in [5.74, 6) is 0.214. The fourth-order valence-corrected chi connectivity index (χ4v) is 2.53. The first-order valence-corrected chi connectivity index (χ1v) is 5.78. The standard InChI is InChI=1S/C12H15N3O2/c16-10-3-1-9(2-4-10)15-8-12(14-11(15)17)5-6-13-7-12/h1-4,13,16H,5-8H2,(H,14,17). The van der Waals surface area contributed by atoms with Crippen LogP contribution in [-0.2, 0) is 0 Å². The second-order valence-electron chi connectivity index (χ2n) is 4.74. The van der Waals surface area contributed by atoms with Gasteiger partial charge in [-0.05, 0) is 37.2 Å². The van der Waals surface area contributed by atoms with Crippen LogP contribution < -0.4 is 15.5 Å². The van der Waals surface area contributed by atoms with Gasteiger partial charge in [0.05, 0.1) is 12.1 Å². The van der Waals surface area contributed by atoms with E-state index >= 15 is 0 Å². The highest BCUT2D eigenvalue weighted by molar-refractivity contribution is 5.95. The Morgan fingerprint density at radius 3 is 2.71 bits per heavy atom. The molecule has 17 heavy (non-hydrogen) atoms. The van der Waals surface area contributed by atoms with E-state index in [9.17, 15) is 9.90 Å². The van der Waals surface area contributed by atoms with Gasteiger partial charge in [0, 0.05) is 12.2 Å². The number of aromatic hydroxyl groups is 1. The number of carbonyl (C=O) groups is 1. The van der Waals surface area contributed by atoms with Gasteiger partial charge in [0.15, 0.2) is 0 Å². The average Bonchev–Trinajstić information content (AvgIpc) is 2.88. The molecule has 3 rings (SSSR count). The molecule has 5 nitrogen and oxygen atoms in total. The molecule has 2 fully saturated rings. The number of hydrogen-bond donors (Lipinski definition) is 3. The number of nitrogens with zero attached hydrogens (tertiary/aromatic N) is 1. The molecule has 1 aromatic rings. The maximum absolute atomic E-state index is 11.9. The topological polar surface area (TPSA) is 64.6 Å². The number of nitrogens with one attached hydrogen (secondary N) is 2. The summed E-state index contributed by atoms with van der Waals surface area (Å²) in [7, 11) is 0. The van der Waals surface area contributed by atoms with E-state index in [1.807, 2.05) is 0 Å². The molecule has 2 saturated heterocycles. The average molecular weight is 233 g/mol. The molecule has 2 amide bonds. The number of amides is 2. The minimum absolute atomic E-state index is 0.0561. The molecule has 0 radical (unpaired) electrons. The third-order valence-corrected chi connectivity index (χ3v) is 3.48. The van der Waals surface area contributed by atoms with E-state index in [0.29, 0.717) is 6.54 Å². The third-order valence-electron chi connectivity index (χ3n) is 3.48. The number of hydrogen-bond acceptors (Lipinski definition) is 3. The van der Waals surface area contributed by atoms with Crippen LogP contribution >= 0.6 is 0 Å². The summed E-state index contributed by atoms with van der Waals surface area (Å²) in [5.41, 5.74) is 0.707. The van der Waals surface area contributed by atoms with Gasteiger partial charge in [0.25, 0.3) is 0 Å². The minimum Gasteiger partial charge on any atom is -0.508 e. The van der Waals surface area contributed by atoms with Crippen LogP contribution in [-0.4, -0.2) is 36.3 Å². The third kappa shape index (κ3) is 1.72. The number of phenolic OH excluding ortho intramolecular Hbond substituents is 1. The van der Waals surface area contributed by atoms with Crippen molar-refractivity contribution in [3.05, 3.63) is 24.3 Å². The summed E-state index contributed by atoms with van der Waals surface area (Å²) < 4.78 is 0. The predicted molar refractivity (Wildman–Crippen MR) is 64.2 cm³/mol. The van der Waals surface area contributed by atoms with Gasteiger partial charge >= 0.3 is 6.03 Å². The lowest BCUT2D eigenvalue weighted by Crippen LogP contribution is -2.45. The quantitative estimate of drug-likeness (QED) is 0.667. The molecule has 0 bridgehead atoms. The smallest absolute Gasteiger partial charge is 0.322 e. The number of rotatable bonds is 1. The van der Waals surface area contributed by atoms with E-state index in [0.717, 1.165) is 25.2 Å². The van der Waals surface area contributed by atoms with Crippen LogP contribution in [0.5, 0.6) is 5.75 Å². The van der Waals surface area contributed by atoms with Crippen molar-refractivity contribution in [1.29, 1.82) is 0 Å². The van der Waals surface area contributed by atoms with Gasteiger partial charge in [-0.3, -0.25) is 4.90 Å². The lowest BCUT2D eigenvalue weighted by atomic mass is 10.0. The molecule has 0 saturated carbocycles. The van der Waals surface area contributed by atoms with Crippen molar-refractivity contribution in [2.24, 2.45) is 0 Å². The van der Waals surface area contributed by atoms with Crippen LogP contribution in [0.3, 0.4) is 0 Å². The molecule has 90 valence electrons. The minimum atomic E-state index is -0.116. The van der Waals surface area contributed by atoms with Crippen molar-refractivity contribution in [2.45, 2.75) is 12.0 Å². The molecular formula is C12H15N3O2. The first kappa shape index (κ1) is 10.4. The maximum atomic E-state index is 11.9. The first-order valence-electron chi connectivity index (χ1n) is 5.78. The van der Waals surface area contributed by atoms with Crippen molar-refractivity contribution in [1.82, 2.24) is 10.6 Å². The summed E-state index contributed by atoms with van der Waals surface area (Å²) in [5, 5.41) is 15.6. The van der Waals surface area contributed by atoms with Crippen molar-refractivity contribution in [2.75, 3.05) is 24.5 Å². The van der Waals surface area contributed by atoms with Crippen LogP contribution in [0.4, 0.5) is 10.5 Å². The molecular weight excluding hydrogens is 218 g/mol. The monoisotopic (exact) mass is 233 g/mol. The number of urea groups is 1. The maximum Gasteiger partial charge on any atom is 0.322 e.